The van der Waals surface area contributed by atoms with Gasteiger partial charge in [-0.2, -0.15) is 0 Å². The molecule has 0 aliphatic rings. The highest BCUT2D eigenvalue weighted by molar-refractivity contribution is 14.1. The van der Waals surface area contributed by atoms with Crippen molar-refractivity contribution in [3.05, 3.63) is 45.6 Å². The van der Waals surface area contributed by atoms with Gasteiger partial charge in [-0.05, 0) is 47.1 Å². The molecular weight excluding hydrogens is 311 g/mol. The van der Waals surface area contributed by atoms with Crippen molar-refractivity contribution >= 4 is 22.6 Å². The fourth-order valence-corrected chi connectivity index (χ4v) is 2.00. The average Bonchev–Trinajstić information content (AvgIpc) is 2.26. The number of allylic oxidation sites excluding steroid dienone is 1. The number of ether oxygens (including phenoxy) is 1. The monoisotopic (exact) mass is 330 g/mol. The van der Waals surface area contributed by atoms with Crippen LogP contribution in [0.4, 0.5) is 0 Å². The summed E-state index contributed by atoms with van der Waals surface area (Å²) >= 11 is 2.35. The second kappa shape index (κ2) is 7.07. The van der Waals surface area contributed by atoms with Crippen LogP contribution >= 0.6 is 22.6 Å². The summed E-state index contributed by atoms with van der Waals surface area (Å²) < 4.78 is 7.19. The molecule has 0 amide bonds. The SMILES string of the molecule is C/C=C\C(OCc1ccccc1I)C(C)C. The van der Waals surface area contributed by atoms with E-state index in [0.717, 1.165) is 0 Å². The maximum absolute atomic E-state index is 5.92. The zero-order valence-electron chi connectivity index (χ0n) is 10.1. The second-order valence-electron chi connectivity index (χ2n) is 4.14. The first-order valence-electron chi connectivity index (χ1n) is 5.63. The maximum atomic E-state index is 5.92. The van der Waals surface area contributed by atoms with Crippen molar-refractivity contribution in [2.75, 3.05) is 0 Å². The normalized spacial score (nSPS) is 13.6. The fraction of sp³-hybridized carbons (Fsp3) is 0.429. The average molecular weight is 330 g/mol. The third kappa shape index (κ3) is 4.26. The van der Waals surface area contributed by atoms with E-state index in [0.29, 0.717) is 12.5 Å². The van der Waals surface area contributed by atoms with Gasteiger partial charge in [-0.1, -0.05) is 44.2 Å². The van der Waals surface area contributed by atoms with Gasteiger partial charge in [-0.25, -0.2) is 0 Å². The molecule has 0 aliphatic heterocycles. The second-order valence-corrected chi connectivity index (χ2v) is 5.30. The van der Waals surface area contributed by atoms with Crippen molar-refractivity contribution < 1.29 is 4.74 Å². The maximum Gasteiger partial charge on any atom is 0.0783 e. The number of hydrogen-bond donors (Lipinski definition) is 0. The molecule has 0 fully saturated rings. The largest absolute Gasteiger partial charge is 0.369 e. The van der Waals surface area contributed by atoms with Crippen molar-refractivity contribution in [1.82, 2.24) is 0 Å². The highest BCUT2D eigenvalue weighted by atomic mass is 127. The molecule has 1 atom stereocenters. The van der Waals surface area contributed by atoms with E-state index in [4.69, 9.17) is 4.74 Å². The molecule has 16 heavy (non-hydrogen) atoms. The Morgan fingerprint density at radius 2 is 2.00 bits per heavy atom. The summed E-state index contributed by atoms with van der Waals surface area (Å²) in [5.41, 5.74) is 1.26. The predicted octanol–water partition coefficient (Wildman–Crippen LogP) is 4.41. The highest BCUT2D eigenvalue weighted by Crippen LogP contribution is 2.16. The van der Waals surface area contributed by atoms with Gasteiger partial charge in [0.05, 0.1) is 12.7 Å². The van der Waals surface area contributed by atoms with Gasteiger partial charge in [-0.15, -0.1) is 0 Å². The lowest BCUT2D eigenvalue weighted by Crippen LogP contribution is -2.17. The summed E-state index contributed by atoms with van der Waals surface area (Å²) in [5, 5.41) is 0. The summed E-state index contributed by atoms with van der Waals surface area (Å²) in [4.78, 5) is 0. The van der Waals surface area contributed by atoms with Gasteiger partial charge in [0, 0.05) is 3.57 Å². The molecule has 1 nitrogen and oxygen atoms in total. The Balaban J connectivity index is 2.59. The van der Waals surface area contributed by atoms with Gasteiger partial charge in [-0.3, -0.25) is 0 Å². The van der Waals surface area contributed by atoms with Crippen molar-refractivity contribution in [1.29, 1.82) is 0 Å². The van der Waals surface area contributed by atoms with E-state index < -0.39 is 0 Å². The minimum Gasteiger partial charge on any atom is -0.369 e. The zero-order chi connectivity index (χ0) is 12.0. The lowest BCUT2D eigenvalue weighted by Gasteiger charge is -2.18. The standard InChI is InChI=1S/C14H19IO/c1-4-7-14(11(2)3)16-10-12-8-5-6-9-13(12)15/h4-9,11,14H,10H2,1-3H3/b7-4-. The van der Waals surface area contributed by atoms with Gasteiger partial charge in [0.15, 0.2) is 0 Å². The Hall–Kier alpha value is -0.350. The van der Waals surface area contributed by atoms with Crippen molar-refractivity contribution in [3.63, 3.8) is 0 Å². The van der Waals surface area contributed by atoms with E-state index in [-0.39, 0.29) is 6.10 Å². The third-order valence-corrected chi connectivity index (χ3v) is 3.48. The Labute approximate surface area is 112 Å². The highest BCUT2D eigenvalue weighted by Gasteiger charge is 2.10. The van der Waals surface area contributed by atoms with Gasteiger partial charge < -0.3 is 4.74 Å². The van der Waals surface area contributed by atoms with Crippen LogP contribution in [0.1, 0.15) is 26.3 Å². The van der Waals surface area contributed by atoms with Crippen molar-refractivity contribution in [3.8, 4) is 0 Å². The molecule has 1 unspecified atom stereocenters. The smallest absolute Gasteiger partial charge is 0.0783 e. The molecule has 1 aromatic rings. The Morgan fingerprint density at radius 3 is 2.56 bits per heavy atom. The van der Waals surface area contributed by atoms with Crippen LogP contribution in [-0.4, -0.2) is 6.10 Å². The summed E-state index contributed by atoms with van der Waals surface area (Å²) in [7, 11) is 0. The minimum atomic E-state index is 0.209. The lowest BCUT2D eigenvalue weighted by molar-refractivity contribution is 0.0425. The number of benzene rings is 1. The molecule has 0 heterocycles. The quantitative estimate of drug-likeness (QED) is 0.574. The Bertz CT molecular complexity index is 344. The molecular formula is C14H19IO. The number of hydrogen-bond acceptors (Lipinski definition) is 1. The van der Waals surface area contributed by atoms with Gasteiger partial charge in [0.1, 0.15) is 0 Å². The van der Waals surface area contributed by atoms with Crippen molar-refractivity contribution in [2.45, 2.75) is 33.5 Å². The molecule has 0 N–H and O–H groups in total. The molecule has 2 heteroatoms. The van der Waals surface area contributed by atoms with E-state index in [2.05, 4.69) is 72.9 Å². The van der Waals surface area contributed by atoms with Gasteiger partial charge in [0.25, 0.3) is 0 Å². The van der Waals surface area contributed by atoms with Crippen molar-refractivity contribution in [2.24, 2.45) is 5.92 Å². The Kier molecular flexibility index (Phi) is 6.06. The van der Waals surface area contributed by atoms with Crippen LogP contribution in [0, 0.1) is 9.49 Å². The lowest BCUT2D eigenvalue weighted by atomic mass is 10.1. The van der Waals surface area contributed by atoms with Gasteiger partial charge >= 0.3 is 0 Å². The molecule has 0 spiro atoms. The first-order valence-corrected chi connectivity index (χ1v) is 6.71. The molecule has 0 aliphatic carbocycles. The molecule has 1 rings (SSSR count). The molecule has 0 saturated heterocycles. The topological polar surface area (TPSA) is 9.23 Å². The van der Waals surface area contributed by atoms with Gasteiger partial charge in [0.2, 0.25) is 0 Å². The van der Waals surface area contributed by atoms with Crippen LogP contribution in [0.5, 0.6) is 0 Å². The van der Waals surface area contributed by atoms with E-state index in [1.165, 1.54) is 9.13 Å². The zero-order valence-corrected chi connectivity index (χ0v) is 12.3. The number of halogens is 1. The first-order chi connectivity index (χ1) is 7.65. The summed E-state index contributed by atoms with van der Waals surface area (Å²) in [6, 6.07) is 8.34. The van der Waals surface area contributed by atoms with E-state index in [9.17, 15) is 0 Å². The molecule has 0 bridgehead atoms. The van der Waals surface area contributed by atoms with Crippen LogP contribution in [0.25, 0.3) is 0 Å². The van der Waals surface area contributed by atoms with E-state index in [1.807, 2.05) is 6.92 Å². The predicted molar refractivity (Wildman–Crippen MR) is 77.4 cm³/mol. The summed E-state index contributed by atoms with van der Waals surface area (Å²) in [5.74, 6) is 0.512. The first kappa shape index (κ1) is 13.7. The molecule has 0 saturated carbocycles. The van der Waals surface area contributed by atoms with Crippen LogP contribution in [0.15, 0.2) is 36.4 Å². The third-order valence-electron chi connectivity index (χ3n) is 2.43. The number of rotatable bonds is 5. The van der Waals surface area contributed by atoms with Crippen LogP contribution < -0.4 is 0 Å². The minimum absolute atomic E-state index is 0.209. The van der Waals surface area contributed by atoms with E-state index in [1.54, 1.807) is 0 Å². The Morgan fingerprint density at radius 1 is 1.31 bits per heavy atom. The van der Waals surface area contributed by atoms with Crippen LogP contribution in [-0.2, 0) is 11.3 Å². The van der Waals surface area contributed by atoms with Crippen LogP contribution in [0.3, 0.4) is 0 Å². The fourth-order valence-electron chi connectivity index (χ4n) is 1.46. The molecule has 0 radical (unpaired) electrons. The molecule has 0 aromatic heterocycles. The van der Waals surface area contributed by atoms with Crippen LogP contribution in [0.2, 0.25) is 0 Å². The molecule has 1 aromatic carbocycles. The summed E-state index contributed by atoms with van der Waals surface area (Å²) in [6.07, 6.45) is 4.39. The van der Waals surface area contributed by atoms with E-state index >= 15 is 0 Å². The summed E-state index contributed by atoms with van der Waals surface area (Å²) in [6.45, 7) is 7.08. The molecule has 88 valence electrons.